The molecule has 1 fully saturated rings. The van der Waals surface area contributed by atoms with Gasteiger partial charge in [-0.3, -0.25) is 0 Å². The Balaban J connectivity index is 2.05. The van der Waals surface area contributed by atoms with E-state index in [2.05, 4.69) is 0 Å². The summed E-state index contributed by atoms with van der Waals surface area (Å²) < 4.78 is 5.38. The molecule has 0 aromatic rings. The molecule has 0 heterocycles. The Morgan fingerprint density at radius 2 is 2.27 bits per heavy atom. The van der Waals surface area contributed by atoms with Crippen molar-refractivity contribution in [2.75, 3.05) is 13.2 Å². The summed E-state index contributed by atoms with van der Waals surface area (Å²) in [6, 6.07) is 0. The highest BCUT2D eigenvalue weighted by Crippen LogP contribution is 2.29. The minimum Gasteiger partial charge on any atom is -0.478 e. The van der Waals surface area contributed by atoms with Gasteiger partial charge in [0.15, 0.2) is 0 Å². The van der Waals surface area contributed by atoms with Crippen LogP contribution < -0.4 is 0 Å². The third kappa shape index (κ3) is 4.47. The summed E-state index contributed by atoms with van der Waals surface area (Å²) in [6.45, 7) is 3.04. The molecule has 0 saturated heterocycles. The quantitative estimate of drug-likeness (QED) is 0.521. The molecule has 0 aromatic carbocycles. The van der Waals surface area contributed by atoms with Gasteiger partial charge in [-0.05, 0) is 24.8 Å². The molecule has 0 atom stereocenters. The van der Waals surface area contributed by atoms with E-state index in [1.807, 2.05) is 6.92 Å². The van der Waals surface area contributed by atoms with Gasteiger partial charge in [-0.2, -0.15) is 0 Å². The molecule has 15 heavy (non-hydrogen) atoms. The van der Waals surface area contributed by atoms with Crippen molar-refractivity contribution in [3.05, 3.63) is 11.6 Å². The molecule has 3 nitrogen and oxygen atoms in total. The first-order chi connectivity index (χ1) is 7.24. The Bertz CT molecular complexity index is 229. The number of rotatable bonds is 7. The summed E-state index contributed by atoms with van der Waals surface area (Å²) in [5, 5.41) is 8.74. The molecule has 1 aliphatic rings. The van der Waals surface area contributed by atoms with Gasteiger partial charge in [0.2, 0.25) is 0 Å². The zero-order chi connectivity index (χ0) is 11.1. The van der Waals surface area contributed by atoms with Crippen molar-refractivity contribution < 1.29 is 14.6 Å². The van der Waals surface area contributed by atoms with Crippen LogP contribution >= 0.6 is 0 Å². The van der Waals surface area contributed by atoms with E-state index in [4.69, 9.17) is 9.84 Å². The van der Waals surface area contributed by atoms with Gasteiger partial charge in [0, 0.05) is 12.2 Å². The highest BCUT2D eigenvalue weighted by molar-refractivity contribution is 5.86. The molecule has 86 valence electrons. The van der Waals surface area contributed by atoms with Gasteiger partial charge in [-0.25, -0.2) is 4.79 Å². The van der Waals surface area contributed by atoms with Crippen molar-refractivity contribution in [1.29, 1.82) is 0 Å². The summed E-state index contributed by atoms with van der Waals surface area (Å²) in [7, 11) is 0. The normalized spacial score (nSPS) is 17.5. The molecule has 0 radical (unpaired) electrons. The monoisotopic (exact) mass is 212 g/mol. The van der Waals surface area contributed by atoms with Gasteiger partial charge >= 0.3 is 5.97 Å². The third-order valence-corrected chi connectivity index (χ3v) is 3.00. The predicted octanol–water partition coefficient (Wildman–Crippen LogP) is 2.61. The lowest BCUT2D eigenvalue weighted by Gasteiger charge is -2.24. The van der Waals surface area contributed by atoms with Crippen molar-refractivity contribution in [2.24, 2.45) is 5.92 Å². The van der Waals surface area contributed by atoms with Crippen LogP contribution in [0.5, 0.6) is 0 Å². The SMILES string of the molecule is CCC(=CCOCCC1CCC1)C(=O)O. The third-order valence-electron chi connectivity index (χ3n) is 3.00. The number of carboxylic acid groups (broad SMARTS) is 1. The first-order valence-electron chi connectivity index (χ1n) is 5.74. The number of ether oxygens (including phenoxy) is 1. The van der Waals surface area contributed by atoms with E-state index in [0.29, 0.717) is 18.6 Å². The zero-order valence-corrected chi connectivity index (χ0v) is 9.37. The summed E-state index contributed by atoms with van der Waals surface area (Å²) in [6.07, 6.45) is 7.40. The fraction of sp³-hybridized carbons (Fsp3) is 0.750. The molecule has 3 heteroatoms. The lowest BCUT2D eigenvalue weighted by molar-refractivity contribution is -0.132. The zero-order valence-electron chi connectivity index (χ0n) is 9.37. The van der Waals surface area contributed by atoms with Crippen molar-refractivity contribution in [1.82, 2.24) is 0 Å². The van der Waals surface area contributed by atoms with Crippen LogP contribution in [-0.4, -0.2) is 24.3 Å². The molecule has 0 bridgehead atoms. The van der Waals surface area contributed by atoms with E-state index < -0.39 is 5.97 Å². The molecular weight excluding hydrogens is 192 g/mol. The smallest absolute Gasteiger partial charge is 0.331 e. The standard InChI is InChI=1S/C12H20O3/c1-2-11(12(13)14)7-9-15-8-6-10-4-3-5-10/h7,10H,2-6,8-9H2,1H3,(H,13,14). The van der Waals surface area contributed by atoms with Crippen LogP contribution in [0.1, 0.15) is 39.0 Å². The van der Waals surface area contributed by atoms with Crippen LogP contribution in [0.2, 0.25) is 0 Å². The van der Waals surface area contributed by atoms with E-state index in [0.717, 1.165) is 18.9 Å². The first-order valence-corrected chi connectivity index (χ1v) is 5.74. The number of carbonyl (C=O) groups is 1. The predicted molar refractivity (Wildman–Crippen MR) is 58.8 cm³/mol. The van der Waals surface area contributed by atoms with E-state index in [1.54, 1.807) is 6.08 Å². The van der Waals surface area contributed by atoms with Gasteiger partial charge in [0.1, 0.15) is 0 Å². The fourth-order valence-corrected chi connectivity index (χ4v) is 1.66. The van der Waals surface area contributed by atoms with Crippen LogP contribution in [-0.2, 0) is 9.53 Å². The Morgan fingerprint density at radius 3 is 2.73 bits per heavy atom. The highest BCUT2D eigenvalue weighted by Gasteiger charge is 2.16. The molecule has 1 aliphatic carbocycles. The topological polar surface area (TPSA) is 46.5 Å². The number of hydrogen-bond acceptors (Lipinski definition) is 2. The summed E-state index contributed by atoms with van der Waals surface area (Å²) >= 11 is 0. The van der Waals surface area contributed by atoms with E-state index in [-0.39, 0.29) is 0 Å². The minimum absolute atomic E-state index is 0.433. The highest BCUT2D eigenvalue weighted by atomic mass is 16.5. The molecular formula is C12H20O3. The second kappa shape index (κ2) is 6.62. The Labute approximate surface area is 91.1 Å². The second-order valence-corrected chi connectivity index (χ2v) is 4.05. The summed E-state index contributed by atoms with van der Waals surface area (Å²) in [4.78, 5) is 10.6. The molecule has 1 N–H and O–H groups in total. The van der Waals surface area contributed by atoms with Crippen LogP contribution in [0.4, 0.5) is 0 Å². The van der Waals surface area contributed by atoms with Crippen molar-refractivity contribution in [2.45, 2.75) is 39.0 Å². The maximum atomic E-state index is 10.6. The first kappa shape index (κ1) is 12.2. The van der Waals surface area contributed by atoms with Crippen LogP contribution in [0.25, 0.3) is 0 Å². The van der Waals surface area contributed by atoms with Crippen LogP contribution in [0, 0.1) is 5.92 Å². The Morgan fingerprint density at radius 1 is 1.53 bits per heavy atom. The molecule has 0 amide bonds. The lowest BCUT2D eigenvalue weighted by Crippen LogP contribution is -2.13. The van der Waals surface area contributed by atoms with E-state index >= 15 is 0 Å². The average molecular weight is 212 g/mol. The Kier molecular flexibility index (Phi) is 5.40. The van der Waals surface area contributed by atoms with Crippen LogP contribution in [0.15, 0.2) is 11.6 Å². The van der Waals surface area contributed by atoms with Gasteiger partial charge < -0.3 is 9.84 Å². The van der Waals surface area contributed by atoms with E-state index in [9.17, 15) is 4.79 Å². The maximum absolute atomic E-state index is 10.6. The van der Waals surface area contributed by atoms with Gasteiger partial charge in [-0.15, -0.1) is 0 Å². The fourth-order valence-electron chi connectivity index (χ4n) is 1.66. The molecule has 0 aromatic heterocycles. The summed E-state index contributed by atoms with van der Waals surface area (Å²) in [5.41, 5.74) is 0.443. The number of hydrogen-bond donors (Lipinski definition) is 1. The molecule has 0 spiro atoms. The maximum Gasteiger partial charge on any atom is 0.331 e. The number of carboxylic acids is 1. The Hall–Kier alpha value is -0.830. The molecule has 1 saturated carbocycles. The average Bonchev–Trinajstić information content (AvgIpc) is 2.13. The van der Waals surface area contributed by atoms with Gasteiger partial charge in [-0.1, -0.05) is 26.2 Å². The molecule has 0 aliphatic heterocycles. The minimum atomic E-state index is -0.833. The van der Waals surface area contributed by atoms with Crippen molar-refractivity contribution in [3.8, 4) is 0 Å². The van der Waals surface area contributed by atoms with Crippen LogP contribution in [0.3, 0.4) is 0 Å². The molecule has 1 rings (SSSR count). The van der Waals surface area contributed by atoms with Gasteiger partial charge in [0.05, 0.1) is 6.61 Å². The van der Waals surface area contributed by atoms with Crippen molar-refractivity contribution in [3.63, 3.8) is 0 Å². The van der Waals surface area contributed by atoms with Crippen molar-refractivity contribution >= 4 is 5.97 Å². The largest absolute Gasteiger partial charge is 0.478 e. The van der Waals surface area contributed by atoms with E-state index in [1.165, 1.54) is 19.3 Å². The van der Waals surface area contributed by atoms with Gasteiger partial charge in [0.25, 0.3) is 0 Å². The lowest BCUT2D eigenvalue weighted by atomic mass is 9.83. The second-order valence-electron chi connectivity index (χ2n) is 4.05. The summed E-state index contributed by atoms with van der Waals surface area (Å²) in [5.74, 6) is 0.0270. The molecule has 0 unspecified atom stereocenters. The number of aliphatic carboxylic acids is 1.